The molecule has 1 amide bonds. The lowest BCUT2D eigenvalue weighted by atomic mass is 10.1. The second-order valence-electron chi connectivity index (χ2n) is 7.53. The zero-order valence-electron chi connectivity index (χ0n) is 17.2. The number of amides is 1. The highest BCUT2D eigenvalue weighted by Gasteiger charge is 2.20. The van der Waals surface area contributed by atoms with Crippen LogP contribution in [0.25, 0.3) is 10.1 Å². The summed E-state index contributed by atoms with van der Waals surface area (Å²) in [6.07, 6.45) is 1.87. The van der Waals surface area contributed by atoms with Crippen LogP contribution < -0.4 is 16.0 Å². The first-order chi connectivity index (χ1) is 14.6. The van der Waals surface area contributed by atoms with E-state index in [0.717, 1.165) is 51.4 Å². The van der Waals surface area contributed by atoms with Crippen LogP contribution >= 0.6 is 23.9 Å². The molecule has 1 aromatic heterocycles. The Morgan fingerprint density at radius 2 is 1.90 bits per heavy atom. The Bertz CT molecular complexity index is 1020. The fraction of sp³-hybridized carbons (Fsp3) is 0.364. The number of carbonyl (C=O) groups excluding carboxylic acids is 1. The molecule has 9 heteroatoms. The van der Waals surface area contributed by atoms with E-state index in [1.807, 2.05) is 0 Å². The molecule has 1 fully saturated rings. The Morgan fingerprint density at radius 1 is 1.13 bits per heavy atom. The smallest absolute Gasteiger partial charge is 0.253 e. The minimum absolute atomic E-state index is 0. The third-order valence-corrected chi connectivity index (χ3v) is 6.29. The number of aromatic nitrogens is 1. The maximum absolute atomic E-state index is 13.3. The molecule has 2 aromatic carbocycles. The van der Waals surface area contributed by atoms with Crippen LogP contribution in [0.3, 0.4) is 0 Å². The Labute approximate surface area is 191 Å². The molecular weight excluding hydrogens is 437 g/mol. The fourth-order valence-electron chi connectivity index (χ4n) is 3.77. The van der Waals surface area contributed by atoms with Crippen molar-refractivity contribution < 1.29 is 9.18 Å². The van der Waals surface area contributed by atoms with E-state index in [0.29, 0.717) is 12.2 Å². The Balaban J connectivity index is 0.00000272. The minimum Gasteiger partial charge on any atom is -0.398 e. The lowest BCUT2D eigenvalue weighted by Crippen LogP contribution is -2.46. The fourth-order valence-corrected chi connectivity index (χ4v) is 4.56. The van der Waals surface area contributed by atoms with E-state index in [2.05, 4.69) is 43.8 Å². The number of benzene rings is 2. The zero-order chi connectivity index (χ0) is 20.9. The molecule has 0 aliphatic carbocycles. The first kappa shape index (κ1) is 23.2. The van der Waals surface area contributed by atoms with Gasteiger partial charge in [0.15, 0.2) is 0 Å². The van der Waals surface area contributed by atoms with Gasteiger partial charge in [0, 0.05) is 43.8 Å². The summed E-state index contributed by atoms with van der Waals surface area (Å²) in [6.45, 7) is 5.53. The maximum atomic E-state index is 13.3. The van der Waals surface area contributed by atoms with E-state index >= 15 is 0 Å². The van der Waals surface area contributed by atoms with E-state index < -0.39 is 5.82 Å². The third-order valence-electron chi connectivity index (χ3n) is 5.48. The van der Waals surface area contributed by atoms with Gasteiger partial charge in [-0.2, -0.15) is 4.37 Å². The molecule has 2 heterocycles. The molecule has 31 heavy (non-hydrogen) atoms. The highest BCUT2D eigenvalue weighted by atomic mass is 35.5. The Kier molecular flexibility index (Phi) is 8.06. The van der Waals surface area contributed by atoms with Crippen LogP contribution in [0.4, 0.5) is 15.9 Å². The minimum atomic E-state index is -0.459. The van der Waals surface area contributed by atoms with Gasteiger partial charge in [-0.25, -0.2) is 4.39 Å². The molecule has 166 valence electrons. The Hall–Kier alpha value is -2.42. The van der Waals surface area contributed by atoms with E-state index in [4.69, 9.17) is 5.73 Å². The number of hydrogen-bond donors (Lipinski definition) is 2. The van der Waals surface area contributed by atoms with Crippen molar-refractivity contribution in [1.82, 2.24) is 14.6 Å². The maximum Gasteiger partial charge on any atom is 0.253 e. The molecule has 4 rings (SSSR count). The van der Waals surface area contributed by atoms with Crippen LogP contribution in [-0.2, 0) is 0 Å². The van der Waals surface area contributed by atoms with Crippen LogP contribution in [-0.4, -0.2) is 54.4 Å². The molecule has 1 saturated heterocycles. The standard InChI is InChI=1S/C22H26FN5OS.ClH/c23-16-7-8-19(24)18(15-16)22(29)25-9-3-4-10-27-11-13-28(14-12-27)21-17-5-1-2-6-20(17)30-26-21;/h1-2,5-8,15H,3-4,9-14,24H2,(H,25,29);1H. The van der Waals surface area contributed by atoms with Gasteiger partial charge in [0.05, 0.1) is 10.3 Å². The summed E-state index contributed by atoms with van der Waals surface area (Å²) in [7, 11) is 0. The summed E-state index contributed by atoms with van der Waals surface area (Å²) < 4.78 is 19.2. The number of halogens is 2. The SMILES string of the molecule is Cl.Nc1ccc(F)cc1C(=O)NCCCCN1CCN(c2nsc3ccccc23)CC1. The number of carbonyl (C=O) groups is 1. The molecule has 0 unspecified atom stereocenters. The molecule has 1 aliphatic rings. The van der Waals surface area contributed by atoms with Crippen LogP contribution in [0.15, 0.2) is 42.5 Å². The number of nitrogens with one attached hydrogen (secondary N) is 1. The lowest BCUT2D eigenvalue weighted by Gasteiger charge is -2.35. The average molecular weight is 464 g/mol. The number of nitrogens with two attached hydrogens (primary N) is 1. The molecule has 0 spiro atoms. The van der Waals surface area contributed by atoms with Gasteiger partial charge >= 0.3 is 0 Å². The molecule has 0 radical (unpaired) electrons. The van der Waals surface area contributed by atoms with Crippen LogP contribution in [0.5, 0.6) is 0 Å². The van der Waals surface area contributed by atoms with E-state index in [-0.39, 0.29) is 23.9 Å². The van der Waals surface area contributed by atoms with Crippen molar-refractivity contribution in [3.8, 4) is 0 Å². The summed E-state index contributed by atoms with van der Waals surface area (Å²) in [5.74, 6) is 0.324. The van der Waals surface area contributed by atoms with Crippen molar-refractivity contribution >= 4 is 51.4 Å². The monoisotopic (exact) mass is 463 g/mol. The molecular formula is C22H27ClFN5OS. The van der Waals surface area contributed by atoms with Crippen molar-refractivity contribution in [3.63, 3.8) is 0 Å². The quantitative estimate of drug-likeness (QED) is 0.412. The first-order valence-corrected chi connectivity index (χ1v) is 11.0. The third kappa shape index (κ3) is 5.64. The predicted octanol–water partition coefficient (Wildman–Crippen LogP) is 3.77. The number of unbranched alkanes of at least 4 members (excludes halogenated alkanes) is 1. The lowest BCUT2D eigenvalue weighted by molar-refractivity contribution is 0.0953. The summed E-state index contributed by atoms with van der Waals surface area (Å²) >= 11 is 1.56. The van der Waals surface area contributed by atoms with Gasteiger partial charge in [-0.05, 0) is 61.3 Å². The Morgan fingerprint density at radius 3 is 2.71 bits per heavy atom. The van der Waals surface area contributed by atoms with Crippen molar-refractivity contribution in [1.29, 1.82) is 0 Å². The normalized spacial score (nSPS) is 14.4. The number of nitrogen functional groups attached to an aromatic ring is 1. The predicted molar refractivity (Wildman–Crippen MR) is 128 cm³/mol. The molecule has 1 aliphatic heterocycles. The first-order valence-electron chi connectivity index (χ1n) is 10.3. The van der Waals surface area contributed by atoms with Crippen LogP contribution in [0.2, 0.25) is 0 Å². The molecule has 0 atom stereocenters. The summed E-state index contributed by atoms with van der Waals surface area (Å²) in [5.41, 5.74) is 6.24. The number of nitrogens with zero attached hydrogens (tertiary/aromatic N) is 3. The topological polar surface area (TPSA) is 74.5 Å². The number of fused-ring (bicyclic) bond motifs is 1. The van der Waals surface area contributed by atoms with Gasteiger partial charge in [-0.15, -0.1) is 12.4 Å². The second-order valence-corrected chi connectivity index (χ2v) is 8.33. The molecule has 0 saturated carbocycles. The second kappa shape index (κ2) is 10.7. The average Bonchev–Trinajstić information content (AvgIpc) is 3.20. The molecule has 3 N–H and O–H groups in total. The van der Waals surface area contributed by atoms with Gasteiger partial charge < -0.3 is 16.0 Å². The van der Waals surface area contributed by atoms with Gasteiger partial charge in [0.2, 0.25) is 0 Å². The van der Waals surface area contributed by atoms with Crippen molar-refractivity contribution in [2.24, 2.45) is 0 Å². The zero-order valence-corrected chi connectivity index (χ0v) is 18.9. The highest BCUT2D eigenvalue weighted by Crippen LogP contribution is 2.29. The number of anilines is 2. The van der Waals surface area contributed by atoms with E-state index in [9.17, 15) is 9.18 Å². The number of hydrogen-bond acceptors (Lipinski definition) is 6. The van der Waals surface area contributed by atoms with Gasteiger partial charge in [0.1, 0.15) is 11.6 Å². The van der Waals surface area contributed by atoms with Crippen LogP contribution in [0.1, 0.15) is 23.2 Å². The molecule has 0 bridgehead atoms. The van der Waals surface area contributed by atoms with E-state index in [1.54, 1.807) is 11.5 Å². The largest absolute Gasteiger partial charge is 0.398 e. The van der Waals surface area contributed by atoms with Gasteiger partial charge in [-0.3, -0.25) is 9.69 Å². The van der Waals surface area contributed by atoms with Crippen LogP contribution in [0, 0.1) is 5.82 Å². The number of piperazine rings is 1. The summed E-state index contributed by atoms with van der Waals surface area (Å²) in [4.78, 5) is 17.0. The van der Waals surface area contributed by atoms with Gasteiger partial charge in [-0.1, -0.05) is 12.1 Å². The van der Waals surface area contributed by atoms with Gasteiger partial charge in [0.25, 0.3) is 5.91 Å². The number of rotatable bonds is 7. The van der Waals surface area contributed by atoms with Crippen molar-refractivity contribution in [3.05, 3.63) is 53.8 Å². The van der Waals surface area contributed by atoms with Crippen molar-refractivity contribution in [2.45, 2.75) is 12.8 Å². The molecule has 3 aromatic rings. The molecule has 6 nitrogen and oxygen atoms in total. The van der Waals surface area contributed by atoms with Crippen molar-refractivity contribution in [2.75, 3.05) is 49.9 Å². The summed E-state index contributed by atoms with van der Waals surface area (Å²) in [5, 5.41) is 4.07. The van der Waals surface area contributed by atoms with E-state index in [1.165, 1.54) is 28.3 Å². The summed E-state index contributed by atoms with van der Waals surface area (Å²) in [6, 6.07) is 12.2. The highest BCUT2D eigenvalue weighted by molar-refractivity contribution is 7.13.